The number of esters is 1. The van der Waals surface area contributed by atoms with Gasteiger partial charge in [-0.3, -0.25) is 23.4 Å². The first-order valence-corrected chi connectivity index (χ1v) is 10.6. The van der Waals surface area contributed by atoms with Gasteiger partial charge in [-0.1, -0.05) is 39.0 Å². The molecule has 0 fully saturated rings. The average molecular weight is 427 g/mol. The number of hydrogen-bond acceptors (Lipinski definition) is 9. The van der Waals surface area contributed by atoms with Gasteiger partial charge in [-0.05, 0) is 6.42 Å². The summed E-state index contributed by atoms with van der Waals surface area (Å²) >= 11 is 0. The van der Waals surface area contributed by atoms with Crippen LogP contribution in [0.4, 0.5) is 0 Å². The van der Waals surface area contributed by atoms with Crippen molar-refractivity contribution in [2.24, 2.45) is 5.73 Å². The Morgan fingerprint density at radius 3 is 2.29 bits per heavy atom. The zero-order valence-corrected chi connectivity index (χ0v) is 16.9. The summed E-state index contributed by atoms with van der Waals surface area (Å²) in [5.74, 6) is -1.90. The Bertz CT molecular complexity index is 516. The summed E-state index contributed by atoms with van der Waals surface area (Å²) in [6.45, 7) is 0.488. The number of unbranched alkanes of at least 4 members (excludes halogenated alkanes) is 5. The number of carbonyl (C=O) groups is 3. The molecule has 0 aliphatic carbocycles. The molecule has 4 N–H and O–H groups in total. The lowest BCUT2D eigenvalue weighted by Gasteiger charge is -2.18. The molecule has 0 bridgehead atoms. The van der Waals surface area contributed by atoms with Crippen LogP contribution in [0.15, 0.2) is 0 Å². The highest BCUT2D eigenvalue weighted by molar-refractivity contribution is 7.47. The SMILES string of the molecule is CCCCCCCCC(=O)OC[C@@H](COP(=O)(O)OC[C@@H](N)C(=O)O)OC=O. The van der Waals surface area contributed by atoms with Crippen molar-refractivity contribution in [1.82, 2.24) is 0 Å². The topological polar surface area (TPSA) is 172 Å². The second-order valence-electron chi connectivity index (χ2n) is 6.06. The molecule has 0 saturated carbocycles. The summed E-state index contributed by atoms with van der Waals surface area (Å²) in [4.78, 5) is 42.2. The van der Waals surface area contributed by atoms with Crippen molar-refractivity contribution in [3.05, 3.63) is 0 Å². The van der Waals surface area contributed by atoms with Crippen LogP contribution in [0.1, 0.15) is 51.9 Å². The van der Waals surface area contributed by atoms with Gasteiger partial charge in [-0.2, -0.15) is 0 Å². The second-order valence-corrected chi connectivity index (χ2v) is 7.51. The Labute approximate surface area is 164 Å². The van der Waals surface area contributed by atoms with Crippen LogP contribution in [0.2, 0.25) is 0 Å². The van der Waals surface area contributed by atoms with Gasteiger partial charge in [-0.15, -0.1) is 0 Å². The molecular weight excluding hydrogens is 397 g/mol. The molecule has 0 aromatic rings. The summed E-state index contributed by atoms with van der Waals surface area (Å²) in [6, 6.07) is -1.51. The Balaban J connectivity index is 4.16. The van der Waals surface area contributed by atoms with Gasteiger partial charge in [0, 0.05) is 6.42 Å². The minimum Gasteiger partial charge on any atom is -0.480 e. The first kappa shape index (κ1) is 26.5. The average Bonchev–Trinajstić information content (AvgIpc) is 2.64. The first-order chi connectivity index (χ1) is 13.2. The molecule has 0 amide bonds. The Morgan fingerprint density at radius 1 is 1.07 bits per heavy atom. The number of hydrogen-bond donors (Lipinski definition) is 3. The summed E-state index contributed by atoms with van der Waals surface area (Å²) in [5.41, 5.74) is 5.14. The maximum absolute atomic E-state index is 11.7. The smallest absolute Gasteiger partial charge is 0.472 e. The van der Waals surface area contributed by atoms with Gasteiger partial charge < -0.3 is 25.2 Å². The lowest BCUT2D eigenvalue weighted by Crippen LogP contribution is -2.34. The number of phosphoric ester groups is 1. The van der Waals surface area contributed by atoms with Crippen molar-refractivity contribution < 1.29 is 47.5 Å². The minimum absolute atomic E-state index is 0.0824. The number of aliphatic carboxylic acids is 1. The number of carboxylic acids is 1. The van der Waals surface area contributed by atoms with E-state index >= 15 is 0 Å². The molecule has 0 heterocycles. The van der Waals surface area contributed by atoms with Crippen molar-refractivity contribution in [1.29, 1.82) is 0 Å². The van der Waals surface area contributed by atoms with Crippen molar-refractivity contribution >= 4 is 26.2 Å². The van der Waals surface area contributed by atoms with E-state index in [-0.39, 0.29) is 19.5 Å². The van der Waals surface area contributed by atoms with Gasteiger partial charge in [0.15, 0.2) is 6.10 Å². The predicted molar refractivity (Wildman–Crippen MR) is 97.2 cm³/mol. The Kier molecular flexibility index (Phi) is 14.6. The largest absolute Gasteiger partial charge is 0.480 e. The quantitative estimate of drug-likeness (QED) is 0.125. The van der Waals surface area contributed by atoms with Crippen LogP contribution in [0, 0.1) is 0 Å². The molecule has 0 aromatic carbocycles. The number of nitrogens with two attached hydrogens (primary N) is 1. The normalized spacial score (nSPS) is 15.2. The zero-order valence-electron chi connectivity index (χ0n) is 16.0. The molecule has 0 aromatic heterocycles. The number of rotatable bonds is 18. The molecule has 12 heteroatoms. The molecule has 1 unspecified atom stereocenters. The maximum Gasteiger partial charge on any atom is 0.472 e. The molecule has 0 aliphatic heterocycles. The molecule has 0 rings (SSSR count). The fourth-order valence-corrected chi connectivity index (χ4v) is 2.75. The number of phosphoric acid groups is 1. The van der Waals surface area contributed by atoms with Crippen molar-refractivity contribution in [3.63, 3.8) is 0 Å². The standard InChI is InChI=1S/C16H30NO10P/c1-2-3-4-5-6-7-8-15(19)24-9-13(25-12-18)10-26-28(22,23)27-11-14(17)16(20)21/h12-14H,2-11,17H2,1H3,(H,20,21)(H,22,23)/t13-,14+/m0/s1. The van der Waals surface area contributed by atoms with E-state index in [9.17, 15) is 23.8 Å². The summed E-state index contributed by atoms with van der Waals surface area (Å²) in [6.07, 6.45) is 5.16. The fraction of sp³-hybridized carbons (Fsp3) is 0.812. The highest BCUT2D eigenvalue weighted by atomic mass is 31.2. The summed E-state index contributed by atoms with van der Waals surface area (Å²) in [7, 11) is -4.62. The lowest BCUT2D eigenvalue weighted by atomic mass is 10.1. The van der Waals surface area contributed by atoms with E-state index in [1.54, 1.807) is 0 Å². The summed E-state index contributed by atoms with van der Waals surface area (Å²) in [5, 5.41) is 8.58. The number of ether oxygens (including phenoxy) is 2. The van der Waals surface area contributed by atoms with Crippen LogP contribution in [0.5, 0.6) is 0 Å². The molecule has 3 atom stereocenters. The van der Waals surface area contributed by atoms with E-state index in [1.807, 2.05) is 0 Å². The highest BCUT2D eigenvalue weighted by Gasteiger charge is 2.27. The Morgan fingerprint density at radius 2 is 1.68 bits per heavy atom. The minimum atomic E-state index is -4.62. The van der Waals surface area contributed by atoms with Gasteiger partial charge in [0.2, 0.25) is 0 Å². The third-order valence-electron chi connectivity index (χ3n) is 3.57. The summed E-state index contributed by atoms with van der Waals surface area (Å²) < 4.78 is 30.3. The van der Waals surface area contributed by atoms with Gasteiger partial charge in [0.05, 0.1) is 13.2 Å². The fourth-order valence-electron chi connectivity index (χ4n) is 1.97. The van der Waals surface area contributed by atoms with Crippen LogP contribution < -0.4 is 5.73 Å². The van der Waals surface area contributed by atoms with Gasteiger partial charge >= 0.3 is 19.8 Å². The molecule has 0 aliphatic rings. The Hall–Kier alpha value is -1.52. The van der Waals surface area contributed by atoms with E-state index in [0.29, 0.717) is 6.42 Å². The predicted octanol–water partition coefficient (Wildman–Crippen LogP) is 1.37. The van der Waals surface area contributed by atoms with E-state index in [4.69, 9.17) is 15.6 Å². The van der Waals surface area contributed by atoms with Gasteiger partial charge in [-0.25, -0.2) is 4.57 Å². The van der Waals surface area contributed by atoms with E-state index in [0.717, 1.165) is 32.1 Å². The van der Waals surface area contributed by atoms with Gasteiger partial charge in [0.1, 0.15) is 12.6 Å². The molecule has 164 valence electrons. The molecule has 28 heavy (non-hydrogen) atoms. The second kappa shape index (κ2) is 15.4. The van der Waals surface area contributed by atoms with Crippen LogP contribution in [-0.2, 0) is 37.5 Å². The monoisotopic (exact) mass is 427 g/mol. The third kappa shape index (κ3) is 14.5. The maximum atomic E-state index is 11.7. The van der Waals surface area contributed by atoms with Gasteiger partial charge in [0.25, 0.3) is 6.47 Å². The van der Waals surface area contributed by atoms with Crippen LogP contribution in [0.3, 0.4) is 0 Å². The molecule has 0 spiro atoms. The number of carbonyl (C=O) groups excluding carboxylic acids is 2. The number of carboxylic acid groups (broad SMARTS) is 1. The zero-order chi connectivity index (χ0) is 21.4. The van der Waals surface area contributed by atoms with Crippen LogP contribution in [-0.4, -0.2) is 60.4 Å². The van der Waals surface area contributed by atoms with Crippen molar-refractivity contribution in [2.45, 2.75) is 64.0 Å². The highest BCUT2D eigenvalue weighted by Crippen LogP contribution is 2.43. The molecule has 0 radical (unpaired) electrons. The van der Waals surface area contributed by atoms with E-state index in [1.165, 1.54) is 0 Å². The van der Waals surface area contributed by atoms with Crippen molar-refractivity contribution in [2.75, 3.05) is 19.8 Å². The van der Waals surface area contributed by atoms with Crippen molar-refractivity contribution in [3.8, 4) is 0 Å². The first-order valence-electron chi connectivity index (χ1n) is 9.06. The molecule has 11 nitrogen and oxygen atoms in total. The molecular formula is C16H30NO10P. The van der Waals surface area contributed by atoms with Crippen LogP contribution in [0.25, 0.3) is 0 Å². The lowest BCUT2D eigenvalue weighted by molar-refractivity contribution is -0.153. The van der Waals surface area contributed by atoms with E-state index < -0.39 is 45.1 Å². The third-order valence-corrected chi connectivity index (χ3v) is 4.52. The molecule has 0 saturated heterocycles. The van der Waals surface area contributed by atoms with Crippen LogP contribution >= 0.6 is 7.82 Å². The van der Waals surface area contributed by atoms with E-state index in [2.05, 4.69) is 20.7 Å².